The maximum atomic E-state index is 12.7. The lowest BCUT2D eigenvalue weighted by atomic mass is 9.87. The number of rotatable bonds is 7. The van der Waals surface area contributed by atoms with Gasteiger partial charge in [-0.1, -0.05) is 19.8 Å². The van der Waals surface area contributed by atoms with Gasteiger partial charge in [0, 0.05) is 39.1 Å². The smallest absolute Gasteiger partial charge is 0.222 e. The molecule has 2 aliphatic rings. The number of aliphatic imine (C=N–C) groups is 1. The fraction of sp³-hybridized carbons (Fsp3) is 0.667. The van der Waals surface area contributed by atoms with Crippen LogP contribution in [0.3, 0.4) is 0 Å². The summed E-state index contributed by atoms with van der Waals surface area (Å²) < 4.78 is 10.8. The van der Waals surface area contributed by atoms with Crippen LogP contribution in [0.1, 0.15) is 56.6 Å². The van der Waals surface area contributed by atoms with E-state index >= 15 is 0 Å². The molecule has 2 N–H and O–H groups in total. The van der Waals surface area contributed by atoms with E-state index in [-0.39, 0.29) is 29.9 Å². The Hall–Kier alpha value is -1.71. The molecule has 8 heteroatoms. The molecule has 2 atom stereocenters. The first-order valence-electron chi connectivity index (χ1n) is 11.5. The molecule has 1 aliphatic heterocycles. The molecule has 1 aromatic rings. The van der Waals surface area contributed by atoms with Crippen molar-refractivity contribution in [1.29, 1.82) is 0 Å². The highest BCUT2D eigenvalue weighted by atomic mass is 127. The number of halogens is 1. The van der Waals surface area contributed by atoms with Crippen LogP contribution in [0.4, 0.5) is 0 Å². The van der Waals surface area contributed by atoms with E-state index in [4.69, 9.17) is 9.47 Å². The van der Waals surface area contributed by atoms with Gasteiger partial charge in [0.1, 0.15) is 0 Å². The Kier molecular flexibility index (Phi) is 10.9. The molecule has 1 heterocycles. The standard InChI is InChI=1S/C24H38N4O3.HI/c1-17-7-5-8-20(13-17)27-24(25-2)26-11-6-9-23(29)28-12-10-18-14-21(30-3)22(31-4)15-19(18)16-28;/h14-15,17,20H,5-13,16H2,1-4H3,(H2,25,26,27);1H. The summed E-state index contributed by atoms with van der Waals surface area (Å²) >= 11 is 0. The van der Waals surface area contributed by atoms with Gasteiger partial charge in [-0.3, -0.25) is 9.79 Å². The summed E-state index contributed by atoms with van der Waals surface area (Å²) in [6, 6.07) is 4.53. The second kappa shape index (κ2) is 13.1. The number of hydrogen-bond acceptors (Lipinski definition) is 4. The average Bonchev–Trinajstić information content (AvgIpc) is 2.79. The van der Waals surface area contributed by atoms with Crippen LogP contribution in [0.5, 0.6) is 11.5 Å². The molecule has 0 aromatic heterocycles. The lowest BCUT2D eigenvalue weighted by Gasteiger charge is -2.30. The number of fused-ring (bicyclic) bond motifs is 1. The van der Waals surface area contributed by atoms with Gasteiger partial charge in [0.05, 0.1) is 14.2 Å². The van der Waals surface area contributed by atoms with Crippen LogP contribution in [-0.4, -0.2) is 57.2 Å². The molecule has 1 fully saturated rings. The molecule has 0 bridgehead atoms. The van der Waals surface area contributed by atoms with Gasteiger partial charge in [-0.15, -0.1) is 24.0 Å². The minimum atomic E-state index is 0. The highest BCUT2D eigenvalue weighted by Gasteiger charge is 2.23. The minimum Gasteiger partial charge on any atom is -0.493 e. The van der Waals surface area contributed by atoms with E-state index in [0.717, 1.165) is 49.1 Å². The number of amides is 1. The molecule has 2 unspecified atom stereocenters. The van der Waals surface area contributed by atoms with Crippen molar-refractivity contribution in [2.75, 3.05) is 34.4 Å². The molecular formula is C24H39IN4O3. The molecule has 1 aromatic carbocycles. The summed E-state index contributed by atoms with van der Waals surface area (Å²) in [5.41, 5.74) is 2.37. The summed E-state index contributed by atoms with van der Waals surface area (Å²) in [7, 11) is 5.10. The first-order chi connectivity index (χ1) is 15.0. The van der Waals surface area contributed by atoms with Crippen molar-refractivity contribution in [3.8, 4) is 11.5 Å². The number of carbonyl (C=O) groups is 1. The molecule has 32 heavy (non-hydrogen) atoms. The second-order valence-corrected chi connectivity index (χ2v) is 8.76. The predicted octanol–water partition coefficient (Wildman–Crippen LogP) is 3.73. The van der Waals surface area contributed by atoms with Crippen LogP contribution in [0.15, 0.2) is 17.1 Å². The normalized spacial score (nSPS) is 20.6. The lowest BCUT2D eigenvalue weighted by molar-refractivity contribution is -0.132. The molecule has 0 spiro atoms. The van der Waals surface area contributed by atoms with Crippen molar-refractivity contribution in [1.82, 2.24) is 15.5 Å². The number of ether oxygens (including phenoxy) is 2. The van der Waals surface area contributed by atoms with E-state index in [1.807, 2.05) is 17.0 Å². The Labute approximate surface area is 209 Å². The molecule has 1 aliphatic carbocycles. The fourth-order valence-corrected chi connectivity index (χ4v) is 4.65. The monoisotopic (exact) mass is 558 g/mol. The van der Waals surface area contributed by atoms with Gasteiger partial charge in [0.2, 0.25) is 5.91 Å². The van der Waals surface area contributed by atoms with Crippen LogP contribution in [0.25, 0.3) is 0 Å². The summed E-state index contributed by atoms with van der Waals surface area (Å²) in [6.45, 7) is 4.44. The summed E-state index contributed by atoms with van der Waals surface area (Å²) in [4.78, 5) is 19.0. The van der Waals surface area contributed by atoms with Gasteiger partial charge in [0.25, 0.3) is 0 Å². The first-order valence-corrected chi connectivity index (χ1v) is 11.5. The van der Waals surface area contributed by atoms with Crippen molar-refractivity contribution in [2.45, 2.75) is 64.5 Å². The third kappa shape index (κ3) is 7.15. The zero-order valence-electron chi connectivity index (χ0n) is 19.9. The third-order valence-corrected chi connectivity index (χ3v) is 6.43. The van der Waals surface area contributed by atoms with E-state index < -0.39 is 0 Å². The van der Waals surface area contributed by atoms with Crippen molar-refractivity contribution in [2.24, 2.45) is 10.9 Å². The van der Waals surface area contributed by atoms with E-state index in [0.29, 0.717) is 24.8 Å². The van der Waals surface area contributed by atoms with Gasteiger partial charge in [-0.25, -0.2) is 0 Å². The van der Waals surface area contributed by atoms with E-state index in [9.17, 15) is 4.79 Å². The Balaban J connectivity index is 0.00000363. The quantitative estimate of drug-likeness (QED) is 0.231. The minimum absolute atomic E-state index is 0. The van der Waals surface area contributed by atoms with Crippen LogP contribution < -0.4 is 20.1 Å². The molecule has 1 amide bonds. The van der Waals surface area contributed by atoms with Gasteiger partial charge in [-0.2, -0.15) is 0 Å². The number of guanidine groups is 1. The van der Waals surface area contributed by atoms with E-state index in [1.54, 1.807) is 21.3 Å². The number of nitrogens with zero attached hydrogens (tertiary/aromatic N) is 2. The largest absolute Gasteiger partial charge is 0.493 e. The van der Waals surface area contributed by atoms with Crippen molar-refractivity contribution in [3.05, 3.63) is 23.3 Å². The molecule has 3 rings (SSSR count). The SMILES string of the molecule is CN=C(NCCCC(=O)N1CCc2cc(OC)c(OC)cc2C1)NC1CCCC(C)C1.I. The Bertz CT molecular complexity index is 787. The Morgan fingerprint density at radius 1 is 1.19 bits per heavy atom. The zero-order valence-corrected chi connectivity index (χ0v) is 22.2. The average molecular weight is 559 g/mol. The first kappa shape index (κ1) is 26.5. The summed E-state index contributed by atoms with van der Waals surface area (Å²) in [5.74, 6) is 3.28. The van der Waals surface area contributed by atoms with Crippen molar-refractivity contribution in [3.63, 3.8) is 0 Å². The maximum absolute atomic E-state index is 12.7. The molecule has 180 valence electrons. The van der Waals surface area contributed by atoms with Crippen LogP contribution >= 0.6 is 24.0 Å². The Morgan fingerprint density at radius 2 is 1.91 bits per heavy atom. The van der Waals surface area contributed by atoms with E-state index in [2.05, 4.69) is 22.5 Å². The van der Waals surface area contributed by atoms with Crippen molar-refractivity contribution < 1.29 is 14.3 Å². The Morgan fingerprint density at radius 3 is 2.56 bits per heavy atom. The van der Waals surface area contributed by atoms with E-state index in [1.165, 1.54) is 31.2 Å². The number of carbonyl (C=O) groups excluding carboxylic acids is 1. The fourth-order valence-electron chi connectivity index (χ4n) is 4.65. The molecule has 0 radical (unpaired) electrons. The third-order valence-electron chi connectivity index (χ3n) is 6.43. The number of methoxy groups -OCH3 is 2. The molecule has 1 saturated carbocycles. The van der Waals surface area contributed by atoms with Crippen LogP contribution in [0, 0.1) is 5.92 Å². The lowest BCUT2D eigenvalue weighted by Crippen LogP contribution is -2.45. The van der Waals surface area contributed by atoms with Gasteiger partial charge >= 0.3 is 0 Å². The highest BCUT2D eigenvalue weighted by Crippen LogP contribution is 2.33. The number of benzene rings is 1. The summed E-state index contributed by atoms with van der Waals surface area (Å²) in [6.07, 6.45) is 7.18. The van der Waals surface area contributed by atoms with Crippen LogP contribution in [-0.2, 0) is 17.8 Å². The van der Waals surface area contributed by atoms with Gasteiger partial charge < -0.3 is 25.0 Å². The second-order valence-electron chi connectivity index (χ2n) is 8.76. The zero-order chi connectivity index (χ0) is 22.2. The number of hydrogen-bond donors (Lipinski definition) is 2. The van der Waals surface area contributed by atoms with Crippen LogP contribution in [0.2, 0.25) is 0 Å². The summed E-state index contributed by atoms with van der Waals surface area (Å²) in [5, 5.41) is 6.91. The maximum Gasteiger partial charge on any atom is 0.222 e. The predicted molar refractivity (Wildman–Crippen MR) is 139 cm³/mol. The van der Waals surface area contributed by atoms with Crippen molar-refractivity contribution >= 4 is 35.8 Å². The molecule has 0 saturated heterocycles. The molecule has 7 nitrogen and oxygen atoms in total. The highest BCUT2D eigenvalue weighted by molar-refractivity contribution is 14.0. The van der Waals surface area contributed by atoms with Gasteiger partial charge in [-0.05, 0) is 54.9 Å². The topological polar surface area (TPSA) is 75.2 Å². The van der Waals surface area contributed by atoms with Gasteiger partial charge in [0.15, 0.2) is 17.5 Å². The molecular weight excluding hydrogens is 519 g/mol. The number of nitrogens with one attached hydrogen (secondary N) is 2.